The number of rotatable bonds is 6. The molecular formula is C23H28FN3O. The molecule has 1 atom stereocenters. The first-order valence-corrected chi connectivity index (χ1v) is 9.77. The van der Waals surface area contributed by atoms with Crippen molar-refractivity contribution in [3.63, 3.8) is 0 Å². The molecule has 0 aliphatic carbocycles. The van der Waals surface area contributed by atoms with E-state index in [-0.39, 0.29) is 11.7 Å². The van der Waals surface area contributed by atoms with E-state index in [2.05, 4.69) is 25.2 Å². The minimum absolute atomic E-state index is 0.0546. The van der Waals surface area contributed by atoms with Crippen LogP contribution in [0.1, 0.15) is 49.3 Å². The normalized spacial score (nSPS) is 12.5. The zero-order valence-electron chi connectivity index (χ0n) is 17.2. The van der Waals surface area contributed by atoms with Crippen molar-refractivity contribution < 1.29 is 9.18 Å². The zero-order chi connectivity index (χ0) is 20.4. The van der Waals surface area contributed by atoms with Crippen LogP contribution in [0.2, 0.25) is 0 Å². The molecule has 3 rings (SSSR count). The molecule has 148 valence electrons. The van der Waals surface area contributed by atoms with Gasteiger partial charge in [0.1, 0.15) is 17.7 Å². The lowest BCUT2D eigenvalue weighted by Crippen LogP contribution is -2.34. The predicted octanol–water partition coefficient (Wildman–Crippen LogP) is 4.72. The van der Waals surface area contributed by atoms with Gasteiger partial charge in [0.15, 0.2) is 0 Å². The maximum atomic E-state index is 14.2. The van der Waals surface area contributed by atoms with Gasteiger partial charge in [-0.2, -0.15) is 0 Å². The summed E-state index contributed by atoms with van der Waals surface area (Å²) in [6, 6.07) is 10.4. The van der Waals surface area contributed by atoms with Gasteiger partial charge in [-0.25, -0.2) is 9.37 Å². The number of aryl methyl sites for hydroxylation is 2. The first kappa shape index (κ1) is 20.1. The molecule has 2 aromatic carbocycles. The summed E-state index contributed by atoms with van der Waals surface area (Å²) in [5.74, 6) is 0.752. The van der Waals surface area contributed by atoms with Gasteiger partial charge in [-0.3, -0.25) is 4.79 Å². The Bertz CT molecular complexity index is 1010. The van der Waals surface area contributed by atoms with Crippen LogP contribution in [0.15, 0.2) is 36.4 Å². The summed E-state index contributed by atoms with van der Waals surface area (Å²) in [6.07, 6.45) is 0.335. The Hall–Kier alpha value is -2.69. The van der Waals surface area contributed by atoms with Gasteiger partial charge in [-0.15, -0.1) is 0 Å². The zero-order valence-corrected chi connectivity index (χ0v) is 17.2. The van der Waals surface area contributed by atoms with Gasteiger partial charge in [-0.1, -0.05) is 32.0 Å². The highest BCUT2D eigenvalue weighted by molar-refractivity contribution is 5.84. The predicted molar refractivity (Wildman–Crippen MR) is 111 cm³/mol. The van der Waals surface area contributed by atoms with E-state index in [9.17, 15) is 9.18 Å². The molecular weight excluding hydrogens is 353 g/mol. The number of nitrogens with one attached hydrogen (secondary N) is 1. The molecule has 1 amide bonds. The Morgan fingerprint density at radius 3 is 2.50 bits per heavy atom. The molecule has 0 bridgehead atoms. The first-order chi connectivity index (χ1) is 13.3. The second kappa shape index (κ2) is 8.13. The van der Waals surface area contributed by atoms with E-state index >= 15 is 0 Å². The van der Waals surface area contributed by atoms with Crippen molar-refractivity contribution in [2.75, 3.05) is 6.54 Å². The number of aromatic nitrogens is 2. The second-order valence-electron chi connectivity index (χ2n) is 7.91. The fourth-order valence-corrected chi connectivity index (χ4v) is 3.34. The molecule has 4 nitrogen and oxygen atoms in total. The van der Waals surface area contributed by atoms with Crippen LogP contribution in [0.25, 0.3) is 11.0 Å². The van der Waals surface area contributed by atoms with Gasteiger partial charge in [-0.05, 0) is 61.6 Å². The molecule has 1 aromatic heterocycles. The van der Waals surface area contributed by atoms with Crippen molar-refractivity contribution in [3.05, 3.63) is 64.7 Å². The van der Waals surface area contributed by atoms with E-state index in [0.717, 1.165) is 22.2 Å². The summed E-state index contributed by atoms with van der Waals surface area (Å²) in [5, 5.41) is 3.00. The number of amides is 1. The largest absolute Gasteiger partial charge is 0.354 e. The molecule has 0 unspecified atom stereocenters. The quantitative estimate of drug-likeness (QED) is 0.672. The molecule has 5 heteroatoms. The van der Waals surface area contributed by atoms with Crippen LogP contribution in [0.4, 0.5) is 4.39 Å². The summed E-state index contributed by atoms with van der Waals surface area (Å²) in [6.45, 7) is 10.7. The number of hydrogen-bond acceptors (Lipinski definition) is 2. The summed E-state index contributed by atoms with van der Waals surface area (Å²) >= 11 is 0. The van der Waals surface area contributed by atoms with Crippen molar-refractivity contribution in [2.45, 2.75) is 47.1 Å². The Labute approximate surface area is 165 Å². The molecule has 0 spiro atoms. The molecule has 0 radical (unpaired) electrons. The number of halogens is 1. The SMILES string of the molecule is Cc1cc2nc(Cc3ccccc3F)n([C@H](C)C(=O)NCC(C)C)c2cc1C. The number of imidazole rings is 1. The molecule has 28 heavy (non-hydrogen) atoms. The van der Waals surface area contributed by atoms with Crippen molar-refractivity contribution in [2.24, 2.45) is 5.92 Å². The Balaban J connectivity index is 2.08. The van der Waals surface area contributed by atoms with E-state index in [4.69, 9.17) is 4.98 Å². The first-order valence-electron chi connectivity index (χ1n) is 9.77. The van der Waals surface area contributed by atoms with E-state index < -0.39 is 6.04 Å². The van der Waals surface area contributed by atoms with Gasteiger partial charge < -0.3 is 9.88 Å². The van der Waals surface area contributed by atoms with Crippen LogP contribution in [0, 0.1) is 25.6 Å². The summed E-state index contributed by atoms with van der Waals surface area (Å²) in [7, 11) is 0. The minimum atomic E-state index is -0.437. The van der Waals surface area contributed by atoms with Crippen LogP contribution < -0.4 is 5.32 Å². The van der Waals surface area contributed by atoms with Crippen molar-refractivity contribution in [3.8, 4) is 0 Å². The van der Waals surface area contributed by atoms with Gasteiger partial charge in [0, 0.05) is 13.0 Å². The Morgan fingerprint density at radius 2 is 1.82 bits per heavy atom. The van der Waals surface area contributed by atoms with Gasteiger partial charge >= 0.3 is 0 Å². The van der Waals surface area contributed by atoms with E-state index in [1.54, 1.807) is 12.1 Å². The Kier molecular flexibility index (Phi) is 5.82. The number of carbonyl (C=O) groups is 1. The Morgan fingerprint density at radius 1 is 1.14 bits per heavy atom. The van der Waals surface area contributed by atoms with Crippen LogP contribution in [0.3, 0.4) is 0 Å². The van der Waals surface area contributed by atoms with Crippen LogP contribution >= 0.6 is 0 Å². The summed E-state index contributed by atoms with van der Waals surface area (Å²) in [4.78, 5) is 17.5. The molecule has 3 aromatic rings. The molecule has 0 saturated carbocycles. The van der Waals surface area contributed by atoms with Crippen LogP contribution in [-0.4, -0.2) is 22.0 Å². The molecule has 1 N–H and O–H groups in total. The highest BCUT2D eigenvalue weighted by Crippen LogP contribution is 2.26. The fraction of sp³-hybridized carbons (Fsp3) is 0.391. The number of fused-ring (bicyclic) bond motifs is 1. The van der Waals surface area contributed by atoms with Crippen LogP contribution in [0.5, 0.6) is 0 Å². The van der Waals surface area contributed by atoms with E-state index in [0.29, 0.717) is 30.3 Å². The lowest BCUT2D eigenvalue weighted by Gasteiger charge is -2.19. The summed E-state index contributed by atoms with van der Waals surface area (Å²) < 4.78 is 16.2. The third-order valence-corrected chi connectivity index (χ3v) is 5.14. The van der Waals surface area contributed by atoms with E-state index in [1.165, 1.54) is 6.07 Å². The average molecular weight is 381 g/mol. The monoisotopic (exact) mass is 381 g/mol. The van der Waals surface area contributed by atoms with Crippen LogP contribution in [-0.2, 0) is 11.2 Å². The number of carbonyl (C=O) groups excluding carboxylic acids is 1. The molecule has 0 aliphatic heterocycles. The minimum Gasteiger partial charge on any atom is -0.354 e. The average Bonchev–Trinajstić information content (AvgIpc) is 2.98. The van der Waals surface area contributed by atoms with Gasteiger partial charge in [0.05, 0.1) is 11.0 Å². The van der Waals surface area contributed by atoms with Crippen molar-refractivity contribution in [1.82, 2.24) is 14.9 Å². The number of nitrogens with zero attached hydrogens (tertiary/aromatic N) is 2. The van der Waals surface area contributed by atoms with Crippen molar-refractivity contribution >= 4 is 16.9 Å². The molecule has 1 heterocycles. The lowest BCUT2D eigenvalue weighted by molar-refractivity contribution is -0.124. The second-order valence-corrected chi connectivity index (χ2v) is 7.91. The van der Waals surface area contributed by atoms with E-state index in [1.807, 2.05) is 37.5 Å². The summed E-state index contributed by atoms with van der Waals surface area (Å²) in [5.41, 5.74) is 4.59. The van der Waals surface area contributed by atoms with Gasteiger partial charge in [0.25, 0.3) is 0 Å². The van der Waals surface area contributed by atoms with Gasteiger partial charge in [0.2, 0.25) is 5.91 Å². The fourth-order valence-electron chi connectivity index (χ4n) is 3.34. The lowest BCUT2D eigenvalue weighted by atomic mass is 10.1. The molecule has 0 saturated heterocycles. The third kappa shape index (κ3) is 4.08. The highest BCUT2D eigenvalue weighted by Gasteiger charge is 2.23. The standard InChI is InChI=1S/C23H28FN3O/c1-14(2)13-25-23(28)17(5)27-21-11-16(4)15(3)10-20(21)26-22(27)12-18-8-6-7-9-19(18)24/h6-11,14,17H,12-13H2,1-5H3,(H,25,28)/t17-/m1/s1. The maximum Gasteiger partial charge on any atom is 0.242 e. The van der Waals surface area contributed by atoms with Crippen molar-refractivity contribution in [1.29, 1.82) is 0 Å². The molecule has 0 aliphatic rings. The smallest absolute Gasteiger partial charge is 0.242 e. The topological polar surface area (TPSA) is 46.9 Å². The number of hydrogen-bond donors (Lipinski definition) is 1. The molecule has 0 fully saturated rings. The number of benzene rings is 2. The maximum absolute atomic E-state index is 14.2. The highest BCUT2D eigenvalue weighted by atomic mass is 19.1. The third-order valence-electron chi connectivity index (χ3n) is 5.14.